The molecule has 0 spiro atoms. The number of nitrogens with two attached hydrogens (primary N) is 4. The van der Waals surface area contributed by atoms with Crippen molar-refractivity contribution in [2.75, 3.05) is 39.4 Å². The molecule has 0 radical (unpaired) electrons. The van der Waals surface area contributed by atoms with Crippen LogP contribution in [0.25, 0.3) is 0 Å². The summed E-state index contributed by atoms with van der Waals surface area (Å²) < 4.78 is 42.3. The number of ether oxygens (including phenoxy) is 2. The minimum absolute atomic E-state index is 0.103. The van der Waals surface area contributed by atoms with Gasteiger partial charge in [0.25, 0.3) is 11.8 Å². The maximum atomic E-state index is 12.5. The molecular weight excluding hydrogens is 757 g/mol. The van der Waals surface area contributed by atoms with Crippen molar-refractivity contribution in [3.63, 3.8) is 0 Å². The number of piperidine rings is 2. The van der Waals surface area contributed by atoms with Gasteiger partial charge in [-0.1, -0.05) is 22.7 Å². The quantitative estimate of drug-likeness (QED) is 0.129. The van der Waals surface area contributed by atoms with Gasteiger partial charge < -0.3 is 57.5 Å². The van der Waals surface area contributed by atoms with E-state index in [0.29, 0.717) is 83.3 Å². The number of thiazole rings is 2. The van der Waals surface area contributed by atoms with Crippen LogP contribution in [0.2, 0.25) is 0 Å². The molecule has 294 valence electrons. The number of carbonyl (C=O) groups is 5. The highest BCUT2D eigenvalue weighted by Gasteiger charge is 2.38. The maximum absolute atomic E-state index is 12.5. The van der Waals surface area contributed by atoms with E-state index in [1.807, 2.05) is 0 Å². The molecule has 4 rings (SSSR count). The monoisotopic (exact) mass is 796 g/mol. The van der Waals surface area contributed by atoms with Crippen LogP contribution in [0, 0.1) is 13.8 Å². The molecule has 2 aromatic rings. The molecule has 2 aromatic heterocycles. The molecule has 2 aliphatic rings. The highest BCUT2D eigenvalue weighted by atomic mass is 32.1. The zero-order valence-electron chi connectivity index (χ0n) is 28.4. The Morgan fingerprint density at radius 2 is 1.02 bits per heavy atom. The number of halogens is 3. The molecule has 25 heteroatoms. The average molecular weight is 797 g/mol. The number of likely N-dealkylation sites (tertiary alicyclic amines) is 2. The van der Waals surface area contributed by atoms with Crippen molar-refractivity contribution < 1.29 is 61.9 Å². The van der Waals surface area contributed by atoms with Crippen LogP contribution in [0.1, 0.15) is 56.4 Å². The van der Waals surface area contributed by atoms with Crippen molar-refractivity contribution in [2.45, 2.75) is 57.9 Å². The molecule has 11 N–H and O–H groups in total. The maximum Gasteiger partial charge on any atom is 0.490 e. The summed E-state index contributed by atoms with van der Waals surface area (Å²) >= 11 is 2.29. The lowest BCUT2D eigenvalue weighted by atomic mass is 10.1. The summed E-state index contributed by atoms with van der Waals surface area (Å²) in [6.07, 6.45) is -2.91. The third-order valence-corrected chi connectivity index (χ3v) is 9.07. The van der Waals surface area contributed by atoms with Crippen molar-refractivity contribution in [3.05, 3.63) is 21.1 Å². The highest BCUT2D eigenvalue weighted by Crippen LogP contribution is 2.29. The molecule has 2 saturated heterocycles. The molecule has 2 amide bonds. The Morgan fingerprint density at radius 3 is 1.26 bits per heavy atom. The first-order valence-electron chi connectivity index (χ1n) is 15.4. The number of carboxylic acids is 3. The van der Waals surface area contributed by atoms with E-state index in [1.165, 1.54) is 0 Å². The van der Waals surface area contributed by atoms with Crippen LogP contribution < -0.4 is 22.9 Å². The second kappa shape index (κ2) is 20.2. The van der Waals surface area contributed by atoms with Gasteiger partial charge >= 0.3 is 24.1 Å². The van der Waals surface area contributed by atoms with Gasteiger partial charge in [0.05, 0.1) is 23.6 Å². The minimum atomic E-state index is -5.08. The molecule has 0 aromatic carbocycles. The lowest BCUT2D eigenvalue weighted by Crippen LogP contribution is -2.41. The van der Waals surface area contributed by atoms with Crippen molar-refractivity contribution in [1.29, 1.82) is 0 Å². The fourth-order valence-electron chi connectivity index (χ4n) is 4.59. The van der Waals surface area contributed by atoms with E-state index in [0.717, 1.165) is 22.7 Å². The number of hydrogen-bond acceptors (Lipinski definition) is 13. The van der Waals surface area contributed by atoms with Crippen LogP contribution in [0.4, 0.5) is 23.4 Å². The Bertz CT molecular complexity index is 1550. The van der Waals surface area contributed by atoms with Crippen molar-refractivity contribution in [1.82, 2.24) is 19.8 Å². The average Bonchev–Trinajstić information content (AvgIpc) is 3.62. The van der Waals surface area contributed by atoms with E-state index in [9.17, 15) is 32.3 Å². The van der Waals surface area contributed by atoms with Crippen LogP contribution in [-0.2, 0) is 23.9 Å². The van der Waals surface area contributed by atoms with Gasteiger partial charge in [0.15, 0.2) is 11.9 Å². The molecule has 0 bridgehead atoms. The van der Waals surface area contributed by atoms with E-state index in [2.05, 4.69) is 20.0 Å². The summed E-state index contributed by atoms with van der Waals surface area (Å²) in [4.78, 5) is 75.4. The van der Waals surface area contributed by atoms with Crippen LogP contribution >= 0.6 is 22.7 Å². The molecule has 2 fully saturated rings. The lowest BCUT2D eigenvalue weighted by Gasteiger charge is -2.31. The first-order chi connectivity index (χ1) is 24.7. The number of amides is 2. The lowest BCUT2D eigenvalue weighted by molar-refractivity contribution is -0.192. The number of carboxylic acid groups (broad SMARTS) is 3. The van der Waals surface area contributed by atoms with Crippen LogP contribution in [-0.4, -0.2) is 135 Å². The van der Waals surface area contributed by atoms with Gasteiger partial charge in [0.1, 0.15) is 23.0 Å². The van der Waals surface area contributed by atoms with Gasteiger partial charge in [-0.05, 0) is 39.5 Å². The Balaban J connectivity index is 0.000000311. The summed E-state index contributed by atoms with van der Waals surface area (Å²) in [5, 5.41) is 25.0. The van der Waals surface area contributed by atoms with E-state index in [4.69, 9.17) is 52.5 Å². The van der Waals surface area contributed by atoms with E-state index in [1.54, 1.807) is 23.6 Å². The number of aliphatic carboxylic acids is 3. The van der Waals surface area contributed by atoms with Crippen molar-refractivity contribution >= 4 is 74.6 Å². The summed E-state index contributed by atoms with van der Waals surface area (Å²) in [6, 6.07) is 0. The number of aromatic nitrogens is 2. The molecular formula is C28H39F3N10O10S2. The predicted molar refractivity (Wildman–Crippen MR) is 183 cm³/mol. The number of guanidine groups is 2. The third-order valence-electron chi connectivity index (χ3n) is 6.99. The molecule has 2 aliphatic heterocycles. The summed E-state index contributed by atoms with van der Waals surface area (Å²) in [5.74, 6) is -5.18. The fourth-order valence-corrected chi connectivity index (χ4v) is 6.45. The number of rotatable bonds is 10. The van der Waals surface area contributed by atoms with Gasteiger partial charge in [0, 0.05) is 26.2 Å². The Morgan fingerprint density at radius 1 is 0.717 bits per heavy atom. The minimum Gasteiger partial charge on any atom is -0.480 e. The number of aliphatic imine (C=N–C) groups is 2. The van der Waals surface area contributed by atoms with Gasteiger partial charge in [-0.2, -0.15) is 23.2 Å². The van der Waals surface area contributed by atoms with Crippen LogP contribution in [0.5, 0.6) is 0 Å². The van der Waals surface area contributed by atoms with Crippen molar-refractivity contribution in [2.24, 2.45) is 32.9 Å². The first-order valence-corrected chi connectivity index (χ1v) is 17.0. The summed E-state index contributed by atoms with van der Waals surface area (Å²) in [6.45, 7) is 4.89. The highest BCUT2D eigenvalue weighted by molar-refractivity contribution is 7.17. The van der Waals surface area contributed by atoms with E-state index < -0.39 is 24.1 Å². The number of aryl methyl sites for hydroxylation is 2. The number of hydrogen-bond donors (Lipinski definition) is 7. The second-order valence-corrected chi connectivity index (χ2v) is 13.0. The zero-order chi connectivity index (χ0) is 40.0. The molecule has 0 atom stereocenters. The van der Waals surface area contributed by atoms with Crippen LogP contribution in [0.15, 0.2) is 9.98 Å². The Labute approximate surface area is 307 Å². The molecule has 4 heterocycles. The molecule has 0 saturated carbocycles. The van der Waals surface area contributed by atoms with Gasteiger partial charge in [-0.3, -0.25) is 9.59 Å². The van der Waals surface area contributed by atoms with Crippen LogP contribution in [0.3, 0.4) is 0 Å². The standard InChI is InChI=1S/2C13H19N5O4S.C2HF3O2/c2*1-7-10(23-13(16-7)17-12(14)15)11(21)18-4-2-8(3-5-18)22-6-9(19)20;3-2(4,5)1(6)7/h2*8H,2-6H2,1H3,(H,19,20)(H4,14,15,16,17);(H,6,7). The summed E-state index contributed by atoms with van der Waals surface area (Å²) in [5.41, 5.74) is 22.4. The van der Waals surface area contributed by atoms with Gasteiger partial charge in [-0.25, -0.2) is 24.4 Å². The SMILES string of the molecule is Cc1nc(N=C(N)N)sc1C(=O)N1CCC(OCC(=O)O)CC1.Cc1nc(N=C(N)N)sc1C(=O)N1CCC(OCC(=O)O)CC1.O=C(O)C(F)(F)F. The molecule has 0 unspecified atom stereocenters. The van der Waals surface area contributed by atoms with E-state index in [-0.39, 0.29) is 49.2 Å². The Hall–Kier alpha value is -5.14. The number of alkyl halides is 3. The molecule has 0 aliphatic carbocycles. The first kappa shape index (κ1) is 44.0. The van der Waals surface area contributed by atoms with Gasteiger partial charge in [-0.15, -0.1) is 0 Å². The molecule has 20 nitrogen and oxygen atoms in total. The second-order valence-electron chi connectivity index (χ2n) is 11.1. The number of carbonyl (C=O) groups excluding carboxylic acids is 2. The van der Waals surface area contributed by atoms with Crippen molar-refractivity contribution in [3.8, 4) is 0 Å². The largest absolute Gasteiger partial charge is 0.490 e. The summed E-state index contributed by atoms with van der Waals surface area (Å²) in [7, 11) is 0. The fraction of sp³-hybridized carbons (Fsp3) is 0.536. The third kappa shape index (κ3) is 15.2. The number of nitrogens with zero attached hydrogens (tertiary/aromatic N) is 6. The Kier molecular flexibility index (Phi) is 16.8. The molecule has 53 heavy (non-hydrogen) atoms. The zero-order valence-corrected chi connectivity index (χ0v) is 30.0. The normalized spacial score (nSPS) is 14.9. The van der Waals surface area contributed by atoms with E-state index >= 15 is 0 Å². The van der Waals surface area contributed by atoms with Gasteiger partial charge in [0.2, 0.25) is 10.3 Å². The smallest absolute Gasteiger partial charge is 0.480 e. The predicted octanol–water partition coefficient (Wildman–Crippen LogP) is 0.758. The topological polar surface area (TPSA) is 326 Å².